The van der Waals surface area contributed by atoms with Gasteiger partial charge in [0, 0.05) is 35.4 Å². The molecule has 0 radical (unpaired) electrons. The van der Waals surface area contributed by atoms with E-state index in [1.165, 1.54) is 112 Å². The number of benzene rings is 3. The van der Waals surface area contributed by atoms with E-state index in [0.29, 0.717) is 11.8 Å². The van der Waals surface area contributed by atoms with E-state index in [4.69, 9.17) is 25.2 Å². The van der Waals surface area contributed by atoms with E-state index >= 15 is 0 Å². The minimum atomic E-state index is -0.127. The summed E-state index contributed by atoms with van der Waals surface area (Å²) < 4.78 is 13.0. The molecule has 0 fully saturated rings. The van der Waals surface area contributed by atoms with Gasteiger partial charge in [-0.3, -0.25) is 0 Å². The summed E-state index contributed by atoms with van der Waals surface area (Å²) in [5.74, 6) is 14.6. The lowest BCUT2D eigenvalue weighted by molar-refractivity contribution is 0.327. The number of aromatic nitrogens is 2. The molecule has 2 heterocycles. The number of oxazole rings is 2. The fraction of sp³-hybridized carbons (Fsp3) is 0.579. The number of hydrogen-bond acceptors (Lipinski definition) is 4. The lowest BCUT2D eigenvalue weighted by Gasteiger charge is -2.35. The second-order valence-corrected chi connectivity index (χ2v) is 19.7. The van der Waals surface area contributed by atoms with Crippen molar-refractivity contribution in [3.8, 4) is 35.3 Å². The Morgan fingerprint density at radius 1 is 0.590 bits per heavy atom. The van der Waals surface area contributed by atoms with Gasteiger partial charge < -0.3 is 8.83 Å². The van der Waals surface area contributed by atoms with Crippen molar-refractivity contribution >= 4 is 22.2 Å². The number of fused-ring (bicyclic) bond motifs is 5. The standard InChI is InChI=1S/C57H76N2O2/c1-10-13-15-17-25-53-58-51-39-52-55(59-54(60-52)26-18-16-14-11-2)48(56(51)61-53)32-29-45-28-31-47-46-30-27-44(12-3)37-49(46)57(50(47)38-45,35-33-42(8)23-19-21-40(4)5)36-34-43(9)24-20-22-41(6)7/h3,27-28,30-31,37-43H,10-11,13-26,33-36H2,1-2,4-9H3. The maximum Gasteiger partial charge on any atom is 0.195 e. The molecule has 6 rings (SSSR count). The Morgan fingerprint density at radius 2 is 1.15 bits per heavy atom. The summed E-state index contributed by atoms with van der Waals surface area (Å²) >= 11 is 0. The summed E-state index contributed by atoms with van der Waals surface area (Å²) in [6.07, 6.45) is 29.4. The van der Waals surface area contributed by atoms with Crippen LogP contribution in [0.15, 0.2) is 51.3 Å². The van der Waals surface area contributed by atoms with Gasteiger partial charge >= 0.3 is 0 Å². The van der Waals surface area contributed by atoms with Crippen molar-refractivity contribution in [3.05, 3.63) is 82.1 Å². The SMILES string of the molecule is C#Cc1ccc2c(c1)C(CCC(C)CCCC(C)C)(CCC(C)CCCC(C)C)c1cc(C#Cc3c4nc(CCCCCC)oc4cc4nc(CCCCCC)oc34)ccc1-2. The molecule has 4 nitrogen and oxygen atoms in total. The molecule has 2 unspecified atom stereocenters. The zero-order valence-electron chi connectivity index (χ0n) is 39.3. The van der Waals surface area contributed by atoms with Gasteiger partial charge in [-0.05, 0) is 109 Å². The van der Waals surface area contributed by atoms with Crippen molar-refractivity contribution in [2.24, 2.45) is 23.7 Å². The first-order chi connectivity index (χ1) is 29.5. The molecule has 5 aromatic rings. The summed E-state index contributed by atoms with van der Waals surface area (Å²) in [6.45, 7) is 18.8. The molecular formula is C57H76N2O2. The zero-order valence-corrected chi connectivity index (χ0v) is 39.3. The number of hydrogen-bond donors (Lipinski definition) is 0. The lowest BCUT2D eigenvalue weighted by Crippen LogP contribution is -2.27. The van der Waals surface area contributed by atoms with Gasteiger partial charge in [0.2, 0.25) is 0 Å². The molecule has 2 atom stereocenters. The first-order valence-corrected chi connectivity index (χ1v) is 24.5. The molecule has 0 amide bonds. The maximum atomic E-state index is 6.55. The molecule has 1 aliphatic carbocycles. The van der Waals surface area contributed by atoms with Crippen molar-refractivity contribution < 1.29 is 8.83 Å². The minimum Gasteiger partial charge on any atom is -0.441 e. The predicted octanol–water partition coefficient (Wildman–Crippen LogP) is 16.3. The van der Waals surface area contributed by atoms with Gasteiger partial charge in [-0.2, -0.15) is 0 Å². The van der Waals surface area contributed by atoms with Gasteiger partial charge in [0.05, 0.1) is 5.56 Å². The maximum absolute atomic E-state index is 6.55. The molecule has 0 bridgehead atoms. The van der Waals surface area contributed by atoms with Crippen LogP contribution < -0.4 is 0 Å². The first kappa shape index (κ1) is 46.2. The van der Waals surface area contributed by atoms with E-state index in [0.717, 1.165) is 101 Å². The van der Waals surface area contributed by atoms with E-state index in [2.05, 4.69) is 110 Å². The van der Waals surface area contributed by atoms with Crippen molar-refractivity contribution in [3.63, 3.8) is 0 Å². The summed E-state index contributed by atoms with van der Waals surface area (Å²) in [6, 6.07) is 15.7. The van der Waals surface area contributed by atoms with E-state index in [-0.39, 0.29) is 5.41 Å². The molecule has 4 heteroatoms. The topological polar surface area (TPSA) is 52.1 Å². The lowest BCUT2D eigenvalue weighted by atomic mass is 9.68. The minimum absolute atomic E-state index is 0.127. The van der Waals surface area contributed by atoms with Crippen molar-refractivity contribution in [1.82, 2.24) is 9.97 Å². The number of rotatable bonds is 24. The first-order valence-electron chi connectivity index (χ1n) is 24.5. The molecule has 0 aliphatic heterocycles. The highest BCUT2D eigenvalue weighted by Gasteiger charge is 2.43. The molecule has 0 saturated heterocycles. The van der Waals surface area contributed by atoms with Crippen LogP contribution in [0.2, 0.25) is 0 Å². The normalized spacial score (nSPS) is 15.6. The van der Waals surface area contributed by atoms with Crippen LogP contribution in [0.5, 0.6) is 0 Å². The quantitative estimate of drug-likeness (QED) is 0.0460. The smallest absolute Gasteiger partial charge is 0.195 e. The van der Waals surface area contributed by atoms with Crippen molar-refractivity contribution in [2.45, 2.75) is 189 Å². The third-order valence-corrected chi connectivity index (χ3v) is 13.6. The molecule has 0 N–H and O–H groups in total. The molecule has 326 valence electrons. The molecule has 0 spiro atoms. The van der Waals surface area contributed by atoms with Gasteiger partial charge in [-0.15, -0.1) is 6.42 Å². The average Bonchev–Trinajstić information content (AvgIpc) is 3.92. The summed E-state index contributed by atoms with van der Waals surface area (Å²) in [7, 11) is 0. The molecule has 3 aromatic carbocycles. The summed E-state index contributed by atoms with van der Waals surface area (Å²) in [5.41, 5.74) is 11.2. The van der Waals surface area contributed by atoms with E-state index in [1.54, 1.807) is 0 Å². The Kier molecular flexibility index (Phi) is 16.8. The molecule has 61 heavy (non-hydrogen) atoms. The highest BCUT2D eigenvalue weighted by atomic mass is 16.4. The second kappa shape index (κ2) is 22.2. The highest BCUT2D eigenvalue weighted by Crippen LogP contribution is 2.55. The fourth-order valence-corrected chi connectivity index (χ4v) is 9.76. The van der Waals surface area contributed by atoms with Crippen LogP contribution in [0.4, 0.5) is 0 Å². The zero-order chi connectivity index (χ0) is 43.4. The largest absolute Gasteiger partial charge is 0.441 e. The van der Waals surface area contributed by atoms with Gasteiger partial charge in [0.1, 0.15) is 11.0 Å². The van der Waals surface area contributed by atoms with Crippen LogP contribution in [0.3, 0.4) is 0 Å². The van der Waals surface area contributed by atoms with Crippen LogP contribution in [-0.4, -0.2) is 9.97 Å². The van der Waals surface area contributed by atoms with Crippen LogP contribution in [0, 0.1) is 47.9 Å². The summed E-state index contributed by atoms with van der Waals surface area (Å²) in [4.78, 5) is 10.0. The Morgan fingerprint density at radius 3 is 1.70 bits per heavy atom. The molecular weight excluding hydrogens is 745 g/mol. The van der Waals surface area contributed by atoms with Gasteiger partial charge in [0.15, 0.2) is 22.9 Å². The second-order valence-electron chi connectivity index (χ2n) is 19.7. The van der Waals surface area contributed by atoms with E-state index in [9.17, 15) is 0 Å². The van der Waals surface area contributed by atoms with Gasteiger partial charge in [-0.25, -0.2) is 9.97 Å². The third-order valence-electron chi connectivity index (χ3n) is 13.6. The fourth-order valence-electron chi connectivity index (χ4n) is 9.76. The average molecular weight is 821 g/mol. The Balaban J connectivity index is 1.41. The van der Waals surface area contributed by atoms with Crippen LogP contribution in [-0.2, 0) is 18.3 Å². The monoisotopic (exact) mass is 821 g/mol. The van der Waals surface area contributed by atoms with Crippen molar-refractivity contribution in [1.29, 1.82) is 0 Å². The van der Waals surface area contributed by atoms with Crippen LogP contribution in [0.25, 0.3) is 33.3 Å². The predicted molar refractivity (Wildman–Crippen MR) is 258 cm³/mol. The third kappa shape index (κ3) is 11.8. The van der Waals surface area contributed by atoms with E-state index in [1.807, 2.05) is 6.07 Å². The van der Waals surface area contributed by atoms with Crippen LogP contribution in [0.1, 0.15) is 211 Å². The Bertz CT molecular complexity index is 2190. The number of unbranched alkanes of at least 4 members (excludes halogenated alkanes) is 6. The highest BCUT2D eigenvalue weighted by molar-refractivity contribution is 5.97. The number of terminal acetylenes is 1. The molecule has 1 aliphatic rings. The molecule has 0 saturated carbocycles. The van der Waals surface area contributed by atoms with Gasteiger partial charge in [-0.1, -0.05) is 162 Å². The summed E-state index contributed by atoms with van der Waals surface area (Å²) in [5, 5.41) is 0. The number of nitrogens with zero attached hydrogens (tertiary/aromatic N) is 2. The van der Waals surface area contributed by atoms with Crippen LogP contribution >= 0.6 is 0 Å². The van der Waals surface area contributed by atoms with Gasteiger partial charge in [0.25, 0.3) is 0 Å². The van der Waals surface area contributed by atoms with Crippen molar-refractivity contribution in [2.75, 3.05) is 0 Å². The Labute approximate surface area is 369 Å². The molecule has 2 aromatic heterocycles. The Hall–Kier alpha value is -4.28. The number of aryl methyl sites for hydroxylation is 2. The van der Waals surface area contributed by atoms with E-state index < -0.39 is 0 Å².